The van der Waals surface area contributed by atoms with Gasteiger partial charge in [-0.2, -0.15) is 5.10 Å². The van der Waals surface area contributed by atoms with Crippen molar-refractivity contribution in [3.05, 3.63) is 93.5 Å². The quantitative estimate of drug-likeness (QED) is 0.603. The molecule has 2 heterocycles. The van der Waals surface area contributed by atoms with E-state index in [0.717, 1.165) is 11.1 Å². The summed E-state index contributed by atoms with van der Waals surface area (Å²) in [5.74, 6) is 0. The van der Waals surface area contributed by atoms with Crippen LogP contribution in [0.2, 0.25) is 5.02 Å². The second kappa shape index (κ2) is 6.78. The number of aliphatic hydroxyl groups is 1. The van der Waals surface area contributed by atoms with Crippen LogP contribution < -0.4 is 5.56 Å². The summed E-state index contributed by atoms with van der Waals surface area (Å²) in [7, 11) is 0. The van der Waals surface area contributed by atoms with Gasteiger partial charge in [0.1, 0.15) is 5.52 Å². The van der Waals surface area contributed by atoms with Gasteiger partial charge in [0.2, 0.25) is 0 Å². The summed E-state index contributed by atoms with van der Waals surface area (Å²) in [6.07, 6.45) is 3.44. The molecule has 26 heavy (non-hydrogen) atoms. The van der Waals surface area contributed by atoms with E-state index in [-0.39, 0.29) is 12.2 Å². The second-order valence-corrected chi connectivity index (χ2v) is 6.44. The van der Waals surface area contributed by atoms with Gasteiger partial charge in [-0.25, -0.2) is 4.52 Å². The Morgan fingerprint density at radius 2 is 1.73 bits per heavy atom. The molecular formula is C20H16ClN3O2. The molecule has 0 saturated carbocycles. The normalized spacial score (nSPS) is 11.2. The molecule has 0 amide bonds. The third-order valence-corrected chi connectivity index (χ3v) is 4.58. The molecule has 0 radical (unpaired) electrons. The first-order valence-corrected chi connectivity index (χ1v) is 8.56. The fourth-order valence-corrected chi connectivity index (χ4v) is 3.17. The molecule has 0 spiro atoms. The first-order chi connectivity index (χ1) is 12.7. The summed E-state index contributed by atoms with van der Waals surface area (Å²) in [6, 6.07) is 16.9. The molecule has 2 aromatic heterocycles. The standard InChI is InChI=1S/C20H16ClN3O2/c21-16-8-6-14(7-9-16)12-23-10-11-24-19(20(23)26)17(13-25)18(22-24)15-4-2-1-3-5-15/h1-11,25H,12-13H2. The van der Waals surface area contributed by atoms with Gasteiger partial charge in [-0.05, 0) is 17.7 Å². The van der Waals surface area contributed by atoms with Crippen LogP contribution in [0.15, 0.2) is 71.8 Å². The summed E-state index contributed by atoms with van der Waals surface area (Å²) in [6.45, 7) is 0.164. The summed E-state index contributed by atoms with van der Waals surface area (Å²) in [5.41, 5.74) is 3.18. The SMILES string of the molecule is O=c1c2c(CO)c(-c3ccccc3)nn2ccn1Cc1ccc(Cl)cc1. The van der Waals surface area contributed by atoms with Crippen LogP contribution in [0, 0.1) is 0 Å². The molecule has 0 aliphatic rings. The largest absolute Gasteiger partial charge is 0.392 e. The predicted molar refractivity (Wildman–Crippen MR) is 101 cm³/mol. The van der Waals surface area contributed by atoms with Gasteiger partial charge in [-0.1, -0.05) is 54.1 Å². The van der Waals surface area contributed by atoms with Crippen LogP contribution in [0.25, 0.3) is 16.8 Å². The van der Waals surface area contributed by atoms with E-state index in [1.165, 1.54) is 4.52 Å². The Labute approximate surface area is 154 Å². The van der Waals surface area contributed by atoms with E-state index in [2.05, 4.69) is 5.10 Å². The predicted octanol–water partition coefficient (Wildman–Crippen LogP) is 3.36. The van der Waals surface area contributed by atoms with Crippen molar-refractivity contribution < 1.29 is 5.11 Å². The Kier molecular flexibility index (Phi) is 4.32. The minimum atomic E-state index is -0.256. The smallest absolute Gasteiger partial charge is 0.277 e. The molecular weight excluding hydrogens is 350 g/mol. The van der Waals surface area contributed by atoms with Crippen molar-refractivity contribution in [2.45, 2.75) is 13.2 Å². The van der Waals surface area contributed by atoms with Gasteiger partial charge in [0.05, 0.1) is 18.8 Å². The molecule has 0 bridgehead atoms. The minimum absolute atomic E-state index is 0.193. The highest BCUT2D eigenvalue weighted by atomic mass is 35.5. The zero-order valence-corrected chi connectivity index (χ0v) is 14.6. The number of halogens is 1. The molecule has 0 atom stereocenters. The van der Waals surface area contributed by atoms with Gasteiger partial charge < -0.3 is 9.67 Å². The van der Waals surface area contributed by atoms with Gasteiger partial charge >= 0.3 is 0 Å². The summed E-state index contributed by atoms with van der Waals surface area (Å²) >= 11 is 5.92. The number of benzene rings is 2. The second-order valence-electron chi connectivity index (χ2n) is 6.00. The lowest BCUT2D eigenvalue weighted by atomic mass is 10.1. The molecule has 0 unspecified atom stereocenters. The highest BCUT2D eigenvalue weighted by molar-refractivity contribution is 6.30. The highest BCUT2D eigenvalue weighted by Crippen LogP contribution is 2.24. The highest BCUT2D eigenvalue weighted by Gasteiger charge is 2.17. The van der Waals surface area contributed by atoms with E-state index in [1.54, 1.807) is 29.1 Å². The van der Waals surface area contributed by atoms with Crippen LogP contribution in [-0.2, 0) is 13.2 Å². The maximum absolute atomic E-state index is 13.0. The number of rotatable bonds is 4. The Morgan fingerprint density at radius 1 is 1.00 bits per heavy atom. The van der Waals surface area contributed by atoms with E-state index >= 15 is 0 Å². The van der Waals surface area contributed by atoms with E-state index in [1.807, 2.05) is 42.5 Å². The number of fused-ring (bicyclic) bond motifs is 1. The third kappa shape index (κ3) is 2.92. The maximum Gasteiger partial charge on any atom is 0.277 e. The first kappa shape index (κ1) is 16.6. The summed E-state index contributed by atoms with van der Waals surface area (Å²) in [5, 5.41) is 15.0. The molecule has 2 aromatic carbocycles. The van der Waals surface area contributed by atoms with E-state index < -0.39 is 0 Å². The third-order valence-electron chi connectivity index (χ3n) is 4.33. The topological polar surface area (TPSA) is 59.5 Å². The molecule has 4 rings (SSSR count). The van der Waals surface area contributed by atoms with Crippen molar-refractivity contribution >= 4 is 17.1 Å². The number of aromatic nitrogens is 3. The molecule has 6 heteroatoms. The first-order valence-electron chi connectivity index (χ1n) is 8.19. The van der Waals surface area contributed by atoms with Crippen molar-refractivity contribution in [2.75, 3.05) is 0 Å². The fourth-order valence-electron chi connectivity index (χ4n) is 3.04. The van der Waals surface area contributed by atoms with Gasteiger partial charge in [0.25, 0.3) is 5.56 Å². The van der Waals surface area contributed by atoms with Crippen molar-refractivity contribution in [2.24, 2.45) is 0 Å². The van der Waals surface area contributed by atoms with Crippen molar-refractivity contribution in [3.8, 4) is 11.3 Å². The van der Waals surface area contributed by atoms with Gasteiger partial charge in [-0.15, -0.1) is 0 Å². The Bertz CT molecular complexity index is 1120. The number of aliphatic hydroxyl groups excluding tert-OH is 1. The Hall–Kier alpha value is -2.89. The summed E-state index contributed by atoms with van der Waals surface area (Å²) in [4.78, 5) is 13.0. The molecule has 5 nitrogen and oxygen atoms in total. The Balaban J connectivity index is 1.84. The number of nitrogens with zero attached hydrogens (tertiary/aromatic N) is 3. The summed E-state index contributed by atoms with van der Waals surface area (Å²) < 4.78 is 3.14. The van der Waals surface area contributed by atoms with Gasteiger partial charge in [0.15, 0.2) is 0 Å². The van der Waals surface area contributed by atoms with Crippen LogP contribution in [0.1, 0.15) is 11.1 Å². The number of hydrogen-bond acceptors (Lipinski definition) is 3. The average molecular weight is 366 g/mol. The van der Waals surface area contributed by atoms with Crippen LogP contribution in [0.5, 0.6) is 0 Å². The average Bonchev–Trinajstić information content (AvgIpc) is 3.06. The minimum Gasteiger partial charge on any atom is -0.392 e. The van der Waals surface area contributed by atoms with Crippen molar-refractivity contribution in [1.82, 2.24) is 14.2 Å². The zero-order valence-electron chi connectivity index (χ0n) is 13.8. The lowest BCUT2D eigenvalue weighted by Gasteiger charge is -2.07. The molecule has 0 aliphatic heterocycles. The van der Waals surface area contributed by atoms with Crippen LogP contribution in [-0.4, -0.2) is 19.3 Å². The molecule has 0 fully saturated rings. The van der Waals surface area contributed by atoms with Crippen LogP contribution in [0.4, 0.5) is 0 Å². The number of hydrogen-bond donors (Lipinski definition) is 1. The molecule has 0 saturated heterocycles. The van der Waals surface area contributed by atoms with Gasteiger partial charge in [0, 0.05) is 28.5 Å². The molecule has 4 aromatic rings. The fraction of sp³-hybridized carbons (Fsp3) is 0.100. The lowest BCUT2D eigenvalue weighted by molar-refractivity contribution is 0.283. The molecule has 130 valence electrons. The molecule has 1 N–H and O–H groups in total. The maximum atomic E-state index is 13.0. The van der Waals surface area contributed by atoms with E-state index in [9.17, 15) is 9.90 Å². The van der Waals surface area contributed by atoms with Crippen LogP contribution >= 0.6 is 11.6 Å². The van der Waals surface area contributed by atoms with Crippen molar-refractivity contribution in [1.29, 1.82) is 0 Å². The Morgan fingerprint density at radius 3 is 2.42 bits per heavy atom. The molecule has 0 aliphatic carbocycles. The monoisotopic (exact) mass is 365 g/mol. The van der Waals surface area contributed by atoms with E-state index in [0.29, 0.717) is 28.3 Å². The lowest BCUT2D eigenvalue weighted by Crippen LogP contribution is -2.22. The van der Waals surface area contributed by atoms with Gasteiger partial charge in [-0.3, -0.25) is 4.79 Å². The van der Waals surface area contributed by atoms with E-state index in [4.69, 9.17) is 11.6 Å². The van der Waals surface area contributed by atoms with Crippen LogP contribution in [0.3, 0.4) is 0 Å². The zero-order chi connectivity index (χ0) is 18.1. The van der Waals surface area contributed by atoms with Crippen molar-refractivity contribution in [3.63, 3.8) is 0 Å².